The van der Waals surface area contributed by atoms with Gasteiger partial charge in [-0.1, -0.05) is 15.9 Å². The molecule has 0 bridgehead atoms. The van der Waals surface area contributed by atoms with Gasteiger partial charge in [-0.05, 0) is 25.8 Å². The van der Waals surface area contributed by atoms with E-state index in [9.17, 15) is 15.2 Å². The maximum Gasteiger partial charge on any atom is 0.312 e. The third-order valence-electron chi connectivity index (χ3n) is 3.42. The third-order valence-corrected chi connectivity index (χ3v) is 3.88. The fourth-order valence-electron chi connectivity index (χ4n) is 2.37. The number of benzene rings is 1. The zero-order valence-corrected chi connectivity index (χ0v) is 13.3. The Morgan fingerprint density at radius 1 is 1.62 bits per heavy atom. The number of nitro groups is 1. The highest BCUT2D eigenvalue weighted by Gasteiger charge is 2.24. The average molecular weight is 360 g/mol. The number of nitro benzene ring substituents is 1. The normalized spacial score (nSPS) is 19.5. The van der Waals surface area contributed by atoms with Crippen molar-refractivity contribution in [1.29, 1.82) is 0 Å². The molecule has 2 atom stereocenters. The van der Waals surface area contributed by atoms with E-state index in [1.165, 1.54) is 6.07 Å². The summed E-state index contributed by atoms with van der Waals surface area (Å²) in [7, 11) is 0. The summed E-state index contributed by atoms with van der Waals surface area (Å²) >= 11 is 3.21. The van der Waals surface area contributed by atoms with E-state index in [4.69, 9.17) is 9.47 Å². The first-order chi connectivity index (χ1) is 9.99. The SMILES string of the molecule is C[C@H](O)c1cc(Br)cc([N+](=O)[O-])c1OCCC1CCCO1. The second kappa shape index (κ2) is 7.20. The molecule has 1 aromatic rings. The Bertz CT molecular complexity index is 514. The van der Waals surface area contributed by atoms with Gasteiger partial charge in [-0.2, -0.15) is 0 Å². The molecule has 116 valence electrons. The number of rotatable bonds is 6. The van der Waals surface area contributed by atoms with Gasteiger partial charge in [0.2, 0.25) is 5.75 Å². The molecule has 1 N–H and O–H groups in total. The van der Waals surface area contributed by atoms with Crippen LogP contribution in [0.25, 0.3) is 0 Å². The molecule has 1 aliphatic rings. The van der Waals surface area contributed by atoms with Crippen LogP contribution in [0.3, 0.4) is 0 Å². The Kier molecular flexibility index (Phi) is 5.55. The lowest BCUT2D eigenvalue weighted by molar-refractivity contribution is -0.386. The zero-order valence-electron chi connectivity index (χ0n) is 11.8. The molecule has 0 aliphatic carbocycles. The molecule has 7 heteroatoms. The maximum atomic E-state index is 11.2. The highest BCUT2D eigenvalue weighted by atomic mass is 79.9. The van der Waals surface area contributed by atoms with Gasteiger partial charge >= 0.3 is 5.69 Å². The summed E-state index contributed by atoms with van der Waals surface area (Å²) < 4.78 is 11.6. The molecule has 0 aromatic heterocycles. The molecule has 1 fully saturated rings. The van der Waals surface area contributed by atoms with Crippen molar-refractivity contribution in [1.82, 2.24) is 0 Å². The molecule has 0 radical (unpaired) electrons. The highest BCUT2D eigenvalue weighted by Crippen LogP contribution is 2.38. The summed E-state index contributed by atoms with van der Waals surface area (Å²) in [5.41, 5.74) is 0.260. The Balaban J connectivity index is 2.16. The van der Waals surface area contributed by atoms with E-state index in [0.717, 1.165) is 19.4 Å². The van der Waals surface area contributed by atoms with Crippen LogP contribution in [0.4, 0.5) is 5.69 Å². The van der Waals surface area contributed by atoms with Crippen molar-refractivity contribution in [2.45, 2.75) is 38.4 Å². The minimum Gasteiger partial charge on any atom is -0.486 e. The van der Waals surface area contributed by atoms with Gasteiger partial charge in [0.1, 0.15) is 0 Å². The van der Waals surface area contributed by atoms with Crippen molar-refractivity contribution < 1.29 is 19.5 Å². The first-order valence-corrected chi connectivity index (χ1v) is 7.68. The molecule has 6 nitrogen and oxygen atoms in total. The minimum atomic E-state index is -0.848. The van der Waals surface area contributed by atoms with Gasteiger partial charge in [0.15, 0.2) is 0 Å². The van der Waals surface area contributed by atoms with Crippen LogP contribution in [-0.4, -0.2) is 29.3 Å². The zero-order chi connectivity index (χ0) is 15.4. The smallest absolute Gasteiger partial charge is 0.312 e. The van der Waals surface area contributed by atoms with Gasteiger partial charge in [0.25, 0.3) is 0 Å². The summed E-state index contributed by atoms with van der Waals surface area (Å²) in [5.74, 6) is 0.135. The van der Waals surface area contributed by atoms with Crippen LogP contribution >= 0.6 is 15.9 Å². The summed E-state index contributed by atoms with van der Waals surface area (Å²) in [4.78, 5) is 10.7. The molecular formula is C14H18BrNO5. The molecule has 1 aliphatic heterocycles. The molecule has 21 heavy (non-hydrogen) atoms. The van der Waals surface area contributed by atoms with Crippen molar-refractivity contribution in [3.05, 3.63) is 32.3 Å². The second-order valence-corrected chi connectivity index (χ2v) is 5.96. The van der Waals surface area contributed by atoms with Crippen molar-refractivity contribution in [2.24, 2.45) is 0 Å². The van der Waals surface area contributed by atoms with E-state index < -0.39 is 11.0 Å². The molecule has 2 rings (SSSR count). The second-order valence-electron chi connectivity index (χ2n) is 5.05. The van der Waals surface area contributed by atoms with Crippen LogP contribution in [0.1, 0.15) is 37.9 Å². The van der Waals surface area contributed by atoms with E-state index in [1.54, 1.807) is 13.0 Å². The highest BCUT2D eigenvalue weighted by molar-refractivity contribution is 9.10. The monoisotopic (exact) mass is 359 g/mol. The Morgan fingerprint density at radius 3 is 2.95 bits per heavy atom. The van der Waals surface area contributed by atoms with Gasteiger partial charge in [0.05, 0.1) is 23.7 Å². The summed E-state index contributed by atoms with van der Waals surface area (Å²) in [5, 5.41) is 21.0. The number of aliphatic hydroxyl groups is 1. The lowest BCUT2D eigenvalue weighted by Gasteiger charge is -2.15. The standard InChI is InChI=1S/C14H18BrNO5/c1-9(17)12-7-10(15)8-13(16(18)19)14(12)21-6-4-11-3-2-5-20-11/h7-9,11,17H,2-6H2,1H3/t9-,11?/m0/s1. The predicted molar refractivity (Wildman–Crippen MR) is 80.5 cm³/mol. The predicted octanol–water partition coefficient (Wildman–Crippen LogP) is 3.36. The lowest BCUT2D eigenvalue weighted by Crippen LogP contribution is -2.12. The molecule has 1 aromatic carbocycles. The van der Waals surface area contributed by atoms with Gasteiger partial charge in [0, 0.05) is 29.1 Å². The van der Waals surface area contributed by atoms with Crippen LogP contribution in [0, 0.1) is 10.1 Å². The molecule has 1 saturated heterocycles. The maximum absolute atomic E-state index is 11.2. The largest absolute Gasteiger partial charge is 0.486 e. The molecule has 1 heterocycles. The van der Waals surface area contributed by atoms with Crippen LogP contribution in [0.2, 0.25) is 0 Å². The van der Waals surface area contributed by atoms with Gasteiger partial charge < -0.3 is 14.6 Å². The summed E-state index contributed by atoms with van der Waals surface area (Å²) in [6.07, 6.45) is 2.04. The van der Waals surface area contributed by atoms with E-state index in [1.807, 2.05) is 0 Å². The van der Waals surface area contributed by atoms with E-state index >= 15 is 0 Å². The first kappa shape index (κ1) is 16.2. The summed E-state index contributed by atoms with van der Waals surface area (Å²) in [6, 6.07) is 3.02. The molecule has 0 spiro atoms. The van der Waals surface area contributed by atoms with Gasteiger partial charge in [-0.3, -0.25) is 10.1 Å². The molecule has 0 saturated carbocycles. The Hall–Kier alpha value is -1.18. The average Bonchev–Trinajstić information content (AvgIpc) is 2.92. The Morgan fingerprint density at radius 2 is 2.38 bits per heavy atom. The quantitative estimate of drug-likeness (QED) is 0.621. The van der Waals surface area contributed by atoms with E-state index in [-0.39, 0.29) is 17.5 Å². The van der Waals surface area contributed by atoms with Crippen LogP contribution < -0.4 is 4.74 Å². The van der Waals surface area contributed by atoms with Crippen molar-refractivity contribution in [2.75, 3.05) is 13.2 Å². The molecule has 0 amide bonds. The molecular weight excluding hydrogens is 342 g/mol. The number of aliphatic hydroxyl groups excluding tert-OH is 1. The van der Waals surface area contributed by atoms with Crippen LogP contribution in [0.5, 0.6) is 5.75 Å². The van der Waals surface area contributed by atoms with Crippen LogP contribution in [-0.2, 0) is 4.74 Å². The van der Waals surface area contributed by atoms with Gasteiger partial charge in [-0.15, -0.1) is 0 Å². The van der Waals surface area contributed by atoms with Crippen LogP contribution in [0.15, 0.2) is 16.6 Å². The molecule has 1 unspecified atom stereocenters. The van der Waals surface area contributed by atoms with E-state index in [0.29, 0.717) is 23.1 Å². The third kappa shape index (κ3) is 4.15. The van der Waals surface area contributed by atoms with E-state index in [2.05, 4.69) is 15.9 Å². The number of hydrogen-bond acceptors (Lipinski definition) is 5. The first-order valence-electron chi connectivity index (χ1n) is 6.89. The minimum absolute atomic E-state index is 0.135. The number of nitrogens with zero attached hydrogens (tertiary/aromatic N) is 1. The van der Waals surface area contributed by atoms with Gasteiger partial charge in [-0.25, -0.2) is 0 Å². The van der Waals surface area contributed by atoms with Crippen molar-refractivity contribution in [3.63, 3.8) is 0 Å². The van der Waals surface area contributed by atoms with Crippen molar-refractivity contribution >= 4 is 21.6 Å². The Labute approximate surface area is 131 Å². The number of ether oxygens (including phenoxy) is 2. The fraction of sp³-hybridized carbons (Fsp3) is 0.571. The lowest BCUT2D eigenvalue weighted by atomic mass is 10.1. The summed E-state index contributed by atoms with van der Waals surface area (Å²) in [6.45, 7) is 2.65. The number of hydrogen-bond donors (Lipinski definition) is 1. The fourth-order valence-corrected chi connectivity index (χ4v) is 2.83. The van der Waals surface area contributed by atoms with Crippen molar-refractivity contribution in [3.8, 4) is 5.75 Å². The number of halogens is 1. The topological polar surface area (TPSA) is 81.8 Å².